The molecule has 0 saturated carbocycles. The van der Waals surface area contributed by atoms with Gasteiger partial charge >= 0.3 is 0 Å². The highest BCUT2D eigenvalue weighted by molar-refractivity contribution is 5.31. The summed E-state index contributed by atoms with van der Waals surface area (Å²) in [6.45, 7) is 2.50. The third-order valence-corrected chi connectivity index (χ3v) is 1.84. The first-order valence-electron chi connectivity index (χ1n) is 4.20. The molecule has 0 heterocycles. The van der Waals surface area contributed by atoms with E-state index in [-0.39, 0.29) is 6.04 Å². The van der Waals surface area contributed by atoms with E-state index in [1.165, 1.54) is 0 Å². The van der Waals surface area contributed by atoms with E-state index >= 15 is 0 Å². The van der Waals surface area contributed by atoms with Gasteiger partial charge in [-0.25, -0.2) is 0 Å². The van der Waals surface area contributed by atoms with Crippen molar-refractivity contribution < 1.29 is 5.11 Å². The number of para-hydroxylation sites is 1. The minimum absolute atomic E-state index is 0.0274. The summed E-state index contributed by atoms with van der Waals surface area (Å²) in [6, 6.07) is 7.24. The summed E-state index contributed by atoms with van der Waals surface area (Å²) in [6.07, 6.45) is 5.20. The van der Waals surface area contributed by atoms with Crippen LogP contribution in [0.15, 0.2) is 24.3 Å². The average Bonchev–Trinajstić information content (AvgIpc) is 2.16. The van der Waals surface area contributed by atoms with Crippen LogP contribution in [0.2, 0.25) is 0 Å². The number of terminal acetylenes is 1. The van der Waals surface area contributed by atoms with Crippen LogP contribution < -0.4 is 5.32 Å². The molecule has 1 aromatic rings. The predicted octanol–water partition coefficient (Wildman–Crippen LogP) is 1.50. The first-order valence-corrected chi connectivity index (χ1v) is 4.20. The Balaban J connectivity index is 2.56. The fourth-order valence-electron chi connectivity index (χ4n) is 0.982. The summed E-state index contributed by atoms with van der Waals surface area (Å²) in [5, 5.41) is 12.5. The van der Waals surface area contributed by atoms with Crippen LogP contribution in [-0.4, -0.2) is 11.1 Å². The fraction of sp³-hybridized carbons (Fsp3) is 0.273. The zero-order chi connectivity index (χ0) is 9.68. The molecule has 0 saturated heterocycles. The Hall–Kier alpha value is -1.46. The van der Waals surface area contributed by atoms with Gasteiger partial charge in [-0.3, -0.25) is 5.32 Å². The van der Waals surface area contributed by atoms with Gasteiger partial charge in [0.2, 0.25) is 0 Å². The van der Waals surface area contributed by atoms with Gasteiger partial charge in [0.1, 0.15) is 5.75 Å². The number of nitrogens with one attached hydrogen (secondary N) is 1. The van der Waals surface area contributed by atoms with Gasteiger partial charge < -0.3 is 5.11 Å². The Kier molecular flexibility index (Phi) is 3.36. The SMILES string of the molecule is C#CC(C)NCc1ccccc1O. The lowest BCUT2D eigenvalue weighted by molar-refractivity contribution is 0.463. The number of benzene rings is 1. The van der Waals surface area contributed by atoms with Gasteiger partial charge in [-0.1, -0.05) is 24.1 Å². The normalized spacial score (nSPS) is 12.0. The largest absolute Gasteiger partial charge is 0.508 e. The van der Waals surface area contributed by atoms with Crippen LogP contribution in [0, 0.1) is 12.3 Å². The van der Waals surface area contributed by atoms with Gasteiger partial charge in [0.05, 0.1) is 6.04 Å². The van der Waals surface area contributed by atoms with Crippen molar-refractivity contribution in [2.75, 3.05) is 0 Å². The van der Waals surface area contributed by atoms with Crippen LogP contribution in [0.1, 0.15) is 12.5 Å². The van der Waals surface area contributed by atoms with E-state index in [4.69, 9.17) is 6.42 Å². The van der Waals surface area contributed by atoms with Crippen LogP contribution in [0.4, 0.5) is 0 Å². The summed E-state index contributed by atoms with van der Waals surface area (Å²) >= 11 is 0. The molecule has 0 aromatic heterocycles. The van der Waals surface area contributed by atoms with Gasteiger partial charge in [0.25, 0.3) is 0 Å². The molecular weight excluding hydrogens is 162 g/mol. The smallest absolute Gasteiger partial charge is 0.120 e. The summed E-state index contributed by atoms with van der Waals surface area (Å²) in [7, 11) is 0. The molecule has 0 aliphatic heterocycles. The average molecular weight is 175 g/mol. The highest BCUT2D eigenvalue weighted by atomic mass is 16.3. The molecule has 1 aromatic carbocycles. The quantitative estimate of drug-likeness (QED) is 0.682. The second kappa shape index (κ2) is 4.54. The fourth-order valence-corrected chi connectivity index (χ4v) is 0.982. The summed E-state index contributed by atoms with van der Waals surface area (Å²) in [5.74, 6) is 2.87. The molecule has 0 fully saturated rings. The van der Waals surface area contributed by atoms with Gasteiger partial charge in [0.15, 0.2) is 0 Å². The minimum atomic E-state index is 0.0274. The van der Waals surface area contributed by atoms with Crippen molar-refractivity contribution in [3.8, 4) is 18.1 Å². The minimum Gasteiger partial charge on any atom is -0.508 e. The Morgan fingerprint density at radius 1 is 1.54 bits per heavy atom. The van der Waals surface area contributed by atoms with E-state index in [2.05, 4.69) is 11.2 Å². The number of phenolic OH excluding ortho intramolecular Hbond substituents is 1. The van der Waals surface area contributed by atoms with Crippen molar-refractivity contribution in [3.63, 3.8) is 0 Å². The third kappa shape index (κ3) is 2.81. The van der Waals surface area contributed by atoms with Crippen molar-refractivity contribution in [1.82, 2.24) is 5.32 Å². The number of hydrogen-bond donors (Lipinski definition) is 2. The van der Waals surface area contributed by atoms with Crippen LogP contribution in [-0.2, 0) is 6.54 Å². The van der Waals surface area contributed by atoms with Gasteiger partial charge in [0, 0.05) is 12.1 Å². The molecule has 0 aliphatic carbocycles. The molecule has 1 unspecified atom stereocenters. The number of rotatable bonds is 3. The number of hydrogen-bond acceptors (Lipinski definition) is 2. The number of aromatic hydroxyl groups is 1. The monoisotopic (exact) mass is 175 g/mol. The molecule has 2 nitrogen and oxygen atoms in total. The maximum Gasteiger partial charge on any atom is 0.120 e. The van der Waals surface area contributed by atoms with E-state index in [1.54, 1.807) is 12.1 Å². The van der Waals surface area contributed by atoms with Gasteiger partial charge in [-0.2, -0.15) is 0 Å². The van der Waals surface area contributed by atoms with E-state index in [9.17, 15) is 5.11 Å². The van der Waals surface area contributed by atoms with E-state index in [0.717, 1.165) is 5.56 Å². The highest BCUT2D eigenvalue weighted by Gasteiger charge is 2.00. The standard InChI is InChI=1S/C11H13NO/c1-3-9(2)12-8-10-6-4-5-7-11(10)13/h1,4-7,9,12-13H,8H2,2H3. The molecule has 2 N–H and O–H groups in total. The zero-order valence-corrected chi connectivity index (χ0v) is 7.62. The number of phenols is 1. The lowest BCUT2D eigenvalue weighted by Gasteiger charge is -2.08. The van der Waals surface area contributed by atoms with E-state index in [0.29, 0.717) is 12.3 Å². The van der Waals surface area contributed by atoms with Crippen LogP contribution in [0.5, 0.6) is 5.75 Å². The molecule has 0 aliphatic rings. The highest BCUT2D eigenvalue weighted by Crippen LogP contribution is 2.14. The van der Waals surface area contributed by atoms with Gasteiger partial charge in [-0.15, -0.1) is 6.42 Å². The Morgan fingerprint density at radius 2 is 2.23 bits per heavy atom. The molecule has 0 spiro atoms. The van der Waals surface area contributed by atoms with Crippen LogP contribution in [0.3, 0.4) is 0 Å². The molecule has 68 valence electrons. The van der Waals surface area contributed by atoms with Crippen molar-refractivity contribution in [2.45, 2.75) is 19.5 Å². The molecule has 13 heavy (non-hydrogen) atoms. The molecule has 1 rings (SSSR count). The van der Waals surface area contributed by atoms with Crippen LogP contribution in [0.25, 0.3) is 0 Å². The van der Waals surface area contributed by atoms with Crippen molar-refractivity contribution >= 4 is 0 Å². The summed E-state index contributed by atoms with van der Waals surface area (Å²) in [5.41, 5.74) is 0.865. The lowest BCUT2D eigenvalue weighted by Crippen LogP contribution is -2.23. The van der Waals surface area contributed by atoms with E-state index in [1.807, 2.05) is 19.1 Å². The lowest BCUT2D eigenvalue weighted by atomic mass is 10.2. The maximum atomic E-state index is 9.40. The van der Waals surface area contributed by atoms with Crippen molar-refractivity contribution in [2.24, 2.45) is 0 Å². The second-order valence-corrected chi connectivity index (χ2v) is 2.90. The molecule has 0 amide bonds. The Bertz CT molecular complexity index is 314. The summed E-state index contributed by atoms with van der Waals surface area (Å²) in [4.78, 5) is 0. The second-order valence-electron chi connectivity index (χ2n) is 2.90. The zero-order valence-electron chi connectivity index (χ0n) is 7.62. The molecule has 0 bridgehead atoms. The Labute approximate surface area is 78.6 Å². The maximum absolute atomic E-state index is 9.40. The van der Waals surface area contributed by atoms with Crippen molar-refractivity contribution in [1.29, 1.82) is 0 Å². The first-order chi connectivity index (χ1) is 6.24. The first kappa shape index (κ1) is 9.63. The van der Waals surface area contributed by atoms with Gasteiger partial charge in [-0.05, 0) is 13.0 Å². The molecule has 2 heteroatoms. The van der Waals surface area contributed by atoms with Crippen molar-refractivity contribution in [3.05, 3.63) is 29.8 Å². The van der Waals surface area contributed by atoms with Crippen LogP contribution >= 0.6 is 0 Å². The molecule has 1 atom stereocenters. The predicted molar refractivity (Wildman–Crippen MR) is 53.2 cm³/mol. The summed E-state index contributed by atoms with van der Waals surface area (Å²) < 4.78 is 0. The topological polar surface area (TPSA) is 32.3 Å². The Morgan fingerprint density at radius 3 is 2.85 bits per heavy atom. The molecular formula is C11H13NO. The molecule has 0 radical (unpaired) electrons. The van der Waals surface area contributed by atoms with E-state index < -0.39 is 0 Å². The third-order valence-electron chi connectivity index (χ3n) is 1.84.